The lowest BCUT2D eigenvalue weighted by atomic mass is 10.1. The molecule has 0 aromatic heterocycles. The lowest BCUT2D eigenvalue weighted by molar-refractivity contribution is -0.138. The van der Waals surface area contributed by atoms with Crippen LogP contribution in [0.5, 0.6) is 5.75 Å². The second-order valence-electron chi connectivity index (χ2n) is 6.87. The zero-order valence-corrected chi connectivity index (χ0v) is 16.9. The van der Waals surface area contributed by atoms with Crippen LogP contribution in [-0.4, -0.2) is 37.5 Å². The van der Waals surface area contributed by atoms with E-state index in [0.29, 0.717) is 5.92 Å². The molecular weight excluding hydrogens is 360 g/mol. The van der Waals surface area contributed by atoms with Crippen LogP contribution in [0, 0.1) is 5.92 Å². The maximum atomic E-state index is 13.3. The number of nitrogens with zero attached hydrogens (tertiary/aromatic N) is 1. The van der Waals surface area contributed by atoms with Crippen molar-refractivity contribution in [3.05, 3.63) is 65.7 Å². The zero-order chi connectivity index (χ0) is 18.4. The third-order valence-electron chi connectivity index (χ3n) is 5.02. The largest absolute Gasteiger partial charge is 0.476 e. The van der Waals surface area contributed by atoms with Gasteiger partial charge in [0.25, 0.3) is 5.91 Å². The minimum atomic E-state index is -0.600. The van der Waals surface area contributed by atoms with Gasteiger partial charge in [0.15, 0.2) is 0 Å². The van der Waals surface area contributed by atoms with Gasteiger partial charge in [0, 0.05) is 18.7 Å². The molecule has 1 aliphatic rings. The van der Waals surface area contributed by atoms with Gasteiger partial charge < -0.3 is 15.0 Å². The van der Waals surface area contributed by atoms with Crippen molar-refractivity contribution in [1.82, 2.24) is 10.2 Å². The summed E-state index contributed by atoms with van der Waals surface area (Å²) < 4.78 is 6.29. The van der Waals surface area contributed by atoms with Crippen molar-refractivity contribution in [2.45, 2.75) is 25.9 Å². The van der Waals surface area contributed by atoms with Gasteiger partial charge in [0.1, 0.15) is 5.75 Å². The number of hydrogen-bond acceptors (Lipinski definition) is 3. The molecule has 2 unspecified atom stereocenters. The number of ether oxygens (including phenoxy) is 1. The number of hydrogen-bond donors (Lipinski definition) is 1. The third kappa shape index (κ3) is 5.24. The Morgan fingerprint density at radius 2 is 1.89 bits per heavy atom. The van der Waals surface area contributed by atoms with E-state index in [-0.39, 0.29) is 18.3 Å². The van der Waals surface area contributed by atoms with Crippen LogP contribution in [0.25, 0.3) is 0 Å². The van der Waals surface area contributed by atoms with E-state index in [1.54, 1.807) is 0 Å². The predicted molar refractivity (Wildman–Crippen MR) is 111 cm³/mol. The van der Waals surface area contributed by atoms with Gasteiger partial charge in [-0.15, -0.1) is 12.4 Å². The Balaban J connectivity index is 0.00000261. The molecule has 2 aromatic rings. The molecule has 1 aliphatic heterocycles. The average molecular weight is 389 g/mol. The van der Waals surface area contributed by atoms with Crippen molar-refractivity contribution < 1.29 is 9.53 Å². The minimum absolute atomic E-state index is 0. The van der Waals surface area contributed by atoms with Crippen molar-refractivity contribution >= 4 is 18.3 Å². The van der Waals surface area contributed by atoms with Gasteiger partial charge in [0.05, 0.1) is 0 Å². The molecule has 0 bridgehead atoms. The van der Waals surface area contributed by atoms with Gasteiger partial charge >= 0.3 is 0 Å². The number of benzene rings is 2. The first-order valence-corrected chi connectivity index (χ1v) is 9.45. The van der Waals surface area contributed by atoms with E-state index in [2.05, 4.69) is 18.3 Å². The number of para-hydroxylation sites is 1. The molecule has 2 aromatic carbocycles. The van der Waals surface area contributed by atoms with Crippen molar-refractivity contribution in [2.75, 3.05) is 26.7 Å². The van der Waals surface area contributed by atoms with Gasteiger partial charge in [0.2, 0.25) is 6.10 Å². The quantitative estimate of drug-likeness (QED) is 0.783. The van der Waals surface area contributed by atoms with Crippen LogP contribution < -0.4 is 10.1 Å². The summed E-state index contributed by atoms with van der Waals surface area (Å²) in [6, 6.07) is 17.8. The summed E-state index contributed by atoms with van der Waals surface area (Å²) in [6.45, 7) is 4.64. The Kier molecular flexibility index (Phi) is 8.14. The number of rotatable bonds is 7. The summed E-state index contributed by atoms with van der Waals surface area (Å²) in [5.41, 5.74) is 2.02. The molecule has 2 atom stereocenters. The highest BCUT2D eigenvalue weighted by atomic mass is 35.5. The number of carbonyl (C=O) groups is 1. The third-order valence-corrected chi connectivity index (χ3v) is 5.02. The first-order chi connectivity index (χ1) is 12.7. The molecule has 0 radical (unpaired) electrons. The maximum Gasteiger partial charge on any atom is 0.268 e. The van der Waals surface area contributed by atoms with Crippen molar-refractivity contribution in [1.29, 1.82) is 0 Å². The van der Waals surface area contributed by atoms with Crippen molar-refractivity contribution in [3.63, 3.8) is 0 Å². The standard InChI is InChI=1S/C22H28N2O2.ClH/c1-3-18-9-7-8-12-20(18)26-21(19-10-5-4-6-11-19)22(25)24-14-13-17(16-24)15-23-2;/h4-12,17,21,23H,3,13-16H2,1-2H3;1H. The lowest BCUT2D eigenvalue weighted by Gasteiger charge is -2.25. The van der Waals surface area contributed by atoms with Crippen LogP contribution >= 0.6 is 12.4 Å². The molecule has 3 rings (SSSR count). The van der Waals surface area contributed by atoms with Crippen molar-refractivity contribution in [3.8, 4) is 5.75 Å². The number of halogens is 1. The smallest absolute Gasteiger partial charge is 0.268 e. The second-order valence-corrected chi connectivity index (χ2v) is 6.87. The highest BCUT2D eigenvalue weighted by molar-refractivity contribution is 5.85. The van der Waals surface area contributed by atoms with E-state index in [9.17, 15) is 4.79 Å². The van der Waals surface area contributed by atoms with E-state index in [0.717, 1.165) is 49.4 Å². The molecule has 27 heavy (non-hydrogen) atoms. The Morgan fingerprint density at radius 3 is 2.59 bits per heavy atom. The lowest BCUT2D eigenvalue weighted by Crippen LogP contribution is -2.36. The molecule has 1 heterocycles. The van der Waals surface area contributed by atoms with Gasteiger partial charge in [-0.3, -0.25) is 4.79 Å². The SMILES string of the molecule is CCc1ccccc1OC(C(=O)N1CCC(CNC)C1)c1ccccc1.Cl. The van der Waals surface area contributed by atoms with Crippen LogP contribution in [0.3, 0.4) is 0 Å². The molecule has 1 N–H and O–H groups in total. The van der Waals surface area contributed by atoms with Gasteiger partial charge in [-0.2, -0.15) is 0 Å². The van der Waals surface area contributed by atoms with Crippen molar-refractivity contribution in [2.24, 2.45) is 5.92 Å². The minimum Gasteiger partial charge on any atom is -0.476 e. The average Bonchev–Trinajstić information content (AvgIpc) is 3.15. The van der Waals surface area contributed by atoms with Crippen LogP contribution in [-0.2, 0) is 11.2 Å². The fourth-order valence-corrected chi connectivity index (χ4v) is 3.58. The number of aryl methyl sites for hydroxylation is 1. The molecule has 5 heteroatoms. The van der Waals surface area contributed by atoms with Gasteiger partial charge in [-0.05, 0) is 44.0 Å². The van der Waals surface area contributed by atoms with Gasteiger partial charge in [-0.25, -0.2) is 0 Å². The summed E-state index contributed by atoms with van der Waals surface area (Å²) in [4.78, 5) is 15.2. The molecule has 0 spiro atoms. The van der Waals surface area contributed by atoms with Crippen LogP contribution in [0.4, 0.5) is 0 Å². The fraction of sp³-hybridized carbons (Fsp3) is 0.409. The number of likely N-dealkylation sites (tertiary alicyclic amines) is 1. The van der Waals surface area contributed by atoms with E-state index in [4.69, 9.17) is 4.74 Å². The normalized spacial score (nSPS) is 17.3. The Labute approximate surface area is 168 Å². The van der Waals surface area contributed by atoms with Gasteiger partial charge in [-0.1, -0.05) is 55.5 Å². The first-order valence-electron chi connectivity index (χ1n) is 9.45. The summed E-state index contributed by atoms with van der Waals surface area (Å²) in [5, 5.41) is 3.22. The number of amides is 1. The van der Waals surface area contributed by atoms with Crippen LogP contribution in [0.2, 0.25) is 0 Å². The second kappa shape index (κ2) is 10.3. The van der Waals surface area contributed by atoms with E-state index in [1.165, 1.54) is 0 Å². The highest BCUT2D eigenvalue weighted by Gasteiger charge is 2.33. The summed E-state index contributed by atoms with van der Waals surface area (Å²) in [5.74, 6) is 1.37. The van der Waals surface area contributed by atoms with Crippen LogP contribution in [0.15, 0.2) is 54.6 Å². The molecular formula is C22H29ClN2O2. The first kappa shape index (κ1) is 21.3. The molecule has 4 nitrogen and oxygen atoms in total. The molecule has 1 amide bonds. The number of nitrogens with one attached hydrogen (secondary N) is 1. The molecule has 1 fully saturated rings. The Bertz CT molecular complexity index is 723. The molecule has 0 saturated carbocycles. The topological polar surface area (TPSA) is 41.6 Å². The molecule has 1 saturated heterocycles. The zero-order valence-electron chi connectivity index (χ0n) is 16.1. The summed E-state index contributed by atoms with van der Waals surface area (Å²) >= 11 is 0. The highest BCUT2D eigenvalue weighted by Crippen LogP contribution is 2.29. The fourth-order valence-electron chi connectivity index (χ4n) is 3.58. The Morgan fingerprint density at radius 1 is 1.19 bits per heavy atom. The molecule has 146 valence electrons. The van der Waals surface area contributed by atoms with E-state index in [1.807, 2.05) is 60.5 Å². The summed E-state index contributed by atoms with van der Waals surface area (Å²) in [7, 11) is 1.96. The number of carbonyl (C=O) groups excluding carboxylic acids is 1. The summed E-state index contributed by atoms with van der Waals surface area (Å²) in [6.07, 6.45) is 1.32. The van der Waals surface area contributed by atoms with E-state index < -0.39 is 6.10 Å². The monoisotopic (exact) mass is 388 g/mol. The van der Waals surface area contributed by atoms with E-state index >= 15 is 0 Å². The Hall–Kier alpha value is -2.04. The predicted octanol–water partition coefficient (Wildman–Crippen LogP) is 3.86. The van der Waals surface area contributed by atoms with Crippen LogP contribution in [0.1, 0.15) is 30.6 Å². The molecule has 0 aliphatic carbocycles. The maximum absolute atomic E-state index is 13.3.